The molecule has 3 atom stereocenters. The van der Waals surface area contributed by atoms with Crippen molar-refractivity contribution in [2.24, 2.45) is 11.8 Å². The molecule has 0 radical (unpaired) electrons. The van der Waals surface area contributed by atoms with Crippen LogP contribution < -0.4 is 5.32 Å². The standard InChI is InChI=1S/C13H21NOS/c15-13-8-10-1-2-12(14-10)11(13)7-9-3-5-16-6-4-9/h9-12,14H,1-8H2. The first-order chi connectivity index (χ1) is 7.83. The number of rotatable bonds is 2. The van der Waals surface area contributed by atoms with Crippen molar-refractivity contribution in [3.05, 3.63) is 0 Å². The zero-order valence-corrected chi connectivity index (χ0v) is 10.6. The number of hydrogen-bond donors (Lipinski definition) is 1. The summed E-state index contributed by atoms with van der Waals surface area (Å²) in [5, 5.41) is 3.63. The van der Waals surface area contributed by atoms with Gasteiger partial charge in [0.2, 0.25) is 0 Å². The van der Waals surface area contributed by atoms with Gasteiger partial charge in [0.25, 0.3) is 0 Å². The van der Waals surface area contributed by atoms with Gasteiger partial charge in [-0.05, 0) is 49.5 Å². The molecule has 0 saturated carbocycles. The molecule has 0 aliphatic carbocycles. The van der Waals surface area contributed by atoms with E-state index in [1.165, 1.54) is 43.6 Å². The molecule has 3 rings (SSSR count). The maximum absolute atomic E-state index is 12.1. The highest BCUT2D eigenvalue weighted by Gasteiger charge is 2.41. The Morgan fingerprint density at radius 3 is 2.81 bits per heavy atom. The quantitative estimate of drug-likeness (QED) is 0.801. The zero-order valence-electron chi connectivity index (χ0n) is 9.78. The maximum Gasteiger partial charge on any atom is 0.139 e. The molecule has 3 aliphatic heterocycles. The van der Waals surface area contributed by atoms with E-state index >= 15 is 0 Å². The second-order valence-corrected chi connectivity index (χ2v) is 6.84. The molecule has 0 spiro atoms. The number of nitrogens with one attached hydrogen (secondary N) is 1. The van der Waals surface area contributed by atoms with Crippen molar-refractivity contribution in [3.8, 4) is 0 Å². The molecule has 2 bridgehead atoms. The summed E-state index contributed by atoms with van der Waals surface area (Å²) in [4.78, 5) is 12.1. The van der Waals surface area contributed by atoms with E-state index in [9.17, 15) is 4.79 Å². The van der Waals surface area contributed by atoms with Gasteiger partial charge in [0.05, 0.1) is 0 Å². The van der Waals surface area contributed by atoms with Crippen LogP contribution in [-0.2, 0) is 4.79 Å². The lowest BCUT2D eigenvalue weighted by atomic mass is 9.81. The van der Waals surface area contributed by atoms with Gasteiger partial charge in [-0.2, -0.15) is 11.8 Å². The number of carbonyl (C=O) groups excluding carboxylic acids is 1. The lowest BCUT2D eigenvalue weighted by Crippen LogP contribution is -2.46. The molecule has 1 N–H and O–H groups in total. The molecule has 3 saturated heterocycles. The maximum atomic E-state index is 12.1. The summed E-state index contributed by atoms with van der Waals surface area (Å²) in [7, 11) is 0. The van der Waals surface area contributed by atoms with Crippen molar-refractivity contribution < 1.29 is 4.79 Å². The fourth-order valence-electron chi connectivity index (χ4n) is 3.58. The van der Waals surface area contributed by atoms with Crippen molar-refractivity contribution in [1.82, 2.24) is 5.32 Å². The van der Waals surface area contributed by atoms with Crippen molar-refractivity contribution in [2.75, 3.05) is 11.5 Å². The highest BCUT2D eigenvalue weighted by molar-refractivity contribution is 7.99. The van der Waals surface area contributed by atoms with Crippen LogP contribution in [0, 0.1) is 11.8 Å². The molecule has 16 heavy (non-hydrogen) atoms. The summed E-state index contributed by atoms with van der Waals surface area (Å²) in [6, 6.07) is 1.05. The van der Waals surface area contributed by atoms with Crippen LogP contribution in [0.2, 0.25) is 0 Å². The zero-order chi connectivity index (χ0) is 11.0. The molecule has 3 heteroatoms. The Bertz CT molecular complexity index is 275. The summed E-state index contributed by atoms with van der Waals surface area (Å²) in [6.45, 7) is 0. The molecule has 0 amide bonds. The van der Waals surface area contributed by atoms with Gasteiger partial charge < -0.3 is 5.32 Å². The van der Waals surface area contributed by atoms with E-state index < -0.39 is 0 Å². The van der Waals surface area contributed by atoms with Crippen LogP contribution in [-0.4, -0.2) is 29.4 Å². The highest BCUT2D eigenvalue weighted by Crippen LogP contribution is 2.36. The summed E-state index contributed by atoms with van der Waals surface area (Å²) >= 11 is 2.08. The number of ketones is 1. The van der Waals surface area contributed by atoms with Crippen LogP contribution in [0.1, 0.15) is 38.5 Å². The number of fused-ring (bicyclic) bond motifs is 2. The van der Waals surface area contributed by atoms with Gasteiger partial charge >= 0.3 is 0 Å². The van der Waals surface area contributed by atoms with Crippen LogP contribution in [0.5, 0.6) is 0 Å². The Morgan fingerprint density at radius 1 is 1.19 bits per heavy atom. The lowest BCUT2D eigenvalue weighted by molar-refractivity contribution is -0.126. The molecule has 2 nitrogen and oxygen atoms in total. The summed E-state index contributed by atoms with van der Waals surface area (Å²) in [6.07, 6.45) is 7.12. The van der Waals surface area contributed by atoms with Crippen LogP contribution >= 0.6 is 11.8 Å². The summed E-state index contributed by atoms with van der Waals surface area (Å²) in [5.41, 5.74) is 0. The molecule has 0 aromatic rings. The smallest absolute Gasteiger partial charge is 0.139 e. The first kappa shape index (κ1) is 11.1. The fourth-order valence-corrected chi connectivity index (χ4v) is 4.79. The molecule has 0 aromatic heterocycles. The summed E-state index contributed by atoms with van der Waals surface area (Å²) in [5.74, 6) is 4.36. The lowest BCUT2D eigenvalue weighted by Gasteiger charge is -2.32. The van der Waals surface area contributed by atoms with E-state index in [-0.39, 0.29) is 0 Å². The van der Waals surface area contributed by atoms with Crippen LogP contribution in [0.25, 0.3) is 0 Å². The minimum Gasteiger partial charge on any atom is -0.310 e. The number of thioether (sulfide) groups is 1. The van der Waals surface area contributed by atoms with Crippen LogP contribution in [0.15, 0.2) is 0 Å². The van der Waals surface area contributed by atoms with Gasteiger partial charge in [0.1, 0.15) is 5.78 Å². The molecule has 90 valence electrons. The third kappa shape index (κ3) is 2.17. The Labute approximate surface area is 102 Å². The Morgan fingerprint density at radius 2 is 2.00 bits per heavy atom. The largest absolute Gasteiger partial charge is 0.310 e. The molecule has 0 aromatic carbocycles. The van der Waals surface area contributed by atoms with Crippen molar-refractivity contribution in [2.45, 2.75) is 50.6 Å². The predicted molar refractivity (Wildman–Crippen MR) is 67.7 cm³/mol. The molecular weight excluding hydrogens is 218 g/mol. The monoisotopic (exact) mass is 239 g/mol. The summed E-state index contributed by atoms with van der Waals surface area (Å²) < 4.78 is 0. The van der Waals surface area contributed by atoms with Gasteiger partial charge in [-0.1, -0.05) is 0 Å². The van der Waals surface area contributed by atoms with Gasteiger partial charge in [-0.25, -0.2) is 0 Å². The third-order valence-electron chi connectivity index (χ3n) is 4.55. The first-order valence-corrected chi connectivity index (χ1v) is 7.85. The van der Waals surface area contributed by atoms with Crippen molar-refractivity contribution >= 4 is 17.5 Å². The normalized spacial score (nSPS) is 40.2. The molecule has 3 unspecified atom stereocenters. The Kier molecular flexibility index (Phi) is 3.25. The number of hydrogen-bond acceptors (Lipinski definition) is 3. The molecule has 3 fully saturated rings. The first-order valence-electron chi connectivity index (χ1n) is 6.69. The second-order valence-electron chi connectivity index (χ2n) is 5.62. The van der Waals surface area contributed by atoms with E-state index in [2.05, 4.69) is 17.1 Å². The minimum absolute atomic E-state index is 0.354. The third-order valence-corrected chi connectivity index (χ3v) is 5.60. The number of carbonyl (C=O) groups is 1. The Balaban J connectivity index is 1.62. The number of piperidine rings is 1. The van der Waals surface area contributed by atoms with Crippen molar-refractivity contribution in [1.29, 1.82) is 0 Å². The van der Waals surface area contributed by atoms with E-state index in [1.54, 1.807) is 0 Å². The SMILES string of the molecule is O=C1CC2CCC(N2)C1CC1CCSCC1. The van der Waals surface area contributed by atoms with E-state index in [0.717, 1.165) is 12.3 Å². The minimum atomic E-state index is 0.354. The Hall–Kier alpha value is -0.0200. The van der Waals surface area contributed by atoms with Gasteiger partial charge in [0.15, 0.2) is 0 Å². The number of Topliss-reactive ketones (excluding diaryl/α,β-unsaturated/α-hetero) is 1. The topological polar surface area (TPSA) is 29.1 Å². The van der Waals surface area contributed by atoms with Crippen LogP contribution in [0.3, 0.4) is 0 Å². The van der Waals surface area contributed by atoms with E-state index in [4.69, 9.17) is 0 Å². The van der Waals surface area contributed by atoms with Gasteiger partial charge in [-0.15, -0.1) is 0 Å². The van der Waals surface area contributed by atoms with Gasteiger partial charge in [-0.3, -0.25) is 4.79 Å². The second kappa shape index (κ2) is 4.69. The van der Waals surface area contributed by atoms with Crippen molar-refractivity contribution in [3.63, 3.8) is 0 Å². The van der Waals surface area contributed by atoms with Crippen LogP contribution in [0.4, 0.5) is 0 Å². The highest BCUT2D eigenvalue weighted by atomic mass is 32.2. The molecule has 3 aliphatic rings. The molecule has 3 heterocycles. The average Bonchev–Trinajstić information content (AvgIpc) is 2.70. The predicted octanol–water partition coefficient (Wildman–Crippen LogP) is 2.23. The molecular formula is C13H21NOS. The average molecular weight is 239 g/mol. The fraction of sp³-hybridized carbons (Fsp3) is 0.923. The van der Waals surface area contributed by atoms with E-state index in [0.29, 0.717) is 23.8 Å². The van der Waals surface area contributed by atoms with E-state index in [1.807, 2.05) is 0 Å². The van der Waals surface area contributed by atoms with Gasteiger partial charge in [0, 0.05) is 24.4 Å².